The zero-order chi connectivity index (χ0) is 17.1. The first kappa shape index (κ1) is 15.9. The molecule has 2 N–H and O–H groups in total. The molecule has 0 radical (unpaired) electrons. The molecule has 0 fully saturated rings. The molecule has 0 aliphatic rings. The van der Waals surface area contributed by atoms with Crippen LogP contribution in [0.25, 0.3) is 0 Å². The third-order valence-corrected chi connectivity index (χ3v) is 4.23. The average molecular weight is 319 g/mol. The standard InChI is InChI=1S/C20H21N3O/c1-14-13-19(15(2)23(14)3)20(24)22-18-11-9-17(10-12-18)21-16-7-5-4-6-8-16/h4-13,21H,1-3H3,(H,22,24). The number of aromatic nitrogens is 1. The number of hydrogen-bond donors (Lipinski definition) is 2. The van der Waals surface area contributed by atoms with Crippen molar-refractivity contribution in [2.24, 2.45) is 7.05 Å². The summed E-state index contributed by atoms with van der Waals surface area (Å²) in [6, 6.07) is 19.6. The Morgan fingerprint density at radius 2 is 1.46 bits per heavy atom. The molecule has 3 aromatic rings. The summed E-state index contributed by atoms with van der Waals surface area (Å²) in [6.07, 6.45) is 0. The van der Waals surface area contributed by atoms with Crippen molar-refractivity contribution >= 4 is 23.0 Å². The van der Waals surface area contributed by atoms with Gasteiger partial charge in [-0.2, -0.15) is 0 Å². The van der Waals surface area contributed by atoms with Gasteiger partial charge in [0.1, 0.15) is 0 Å². The summed E-state index contributed by atoms with van der Waals surface area (Å²) in [5, 5.41) is 6.27. The Morgan fingerprint density at radius 3 is 2.04 bits per heavy atom. The lowest BCUT2D eigenvalue weighted by molar-refractivity contribution is 0.102. The molecule has 0 saturated carbocycles. The molecular formula is C20H21N3O. The van der Waals surface area contributed by atoms with Crippen molar-refractivity contribution in [2.75, 3.05) is 10.6 Å². The molecule has 0 aliphatic carbocycles. The van der Waals surface area contributed by atoms with Gasteiger partial charge < -0.3 is 15.2 Å². The summed E-state index contributed by atoms with van der Waals surface area (Å²) in [4.78, 5) is 12.4. The van der Waals surface area contributed by atoms with Crippen molar-refractivity contribution in [3.8, 4) is 0 Å². The second-order valence-corrected chi connectivity index (χ2v) is 5.87. The van der Waals surface area contributed by atoms with Crippen LogP contribution in [0.5, 0.6) is 0 Å². The Kier molecular flexibility index (Phi) is 4.38. The number of rotatable bonds is 4. The van der Waals surface area contributed by atoms with E-state index in [1.165, 1.54) is 0 Å². The number of benzene rings is 2. The molecule has 3 rings (SSSR count). The first-order chi connectivity index (χ1) is 11.5. The van der Waals surface area contributed by atoms with E-state index in [0.717, 1.165) is 28.5 Å². The Labute approximate surface area is 142 Å². The van der Waals surface area contributed by atoms with Crippen molar-refractivity contribution in [2.45, 2.75) is 13.8 Å². The maximum atomic E-state index is 12.4. The summed E-state index contributed by atoms with van der Waals surface area (Å²) in [5.74, 6) is -0.0834. The van der Waals surface area contributed by atoms with E-state index in [9.17, 15) is 4.79 Å². The third-order valence-electron chi connectivity index (χ3n) is 4.23. The molecular weight excluding hydrogens is 298 g/mol. The van der Waals surface area contributed by atoms with Gasteiger partial charge in [-0.25, -0.2) is 0 Å². The molecule has 0 spiro atoms. The fourth-order valence-corrected chi connectivity index (χ4v) is 2.61. The lowest BCUT2D eigenvalue weighted by Crippen LogP contribution is -2.12. The quantitative estimate of drug-likeness (QED) is 0.736. The maximum Gasteiger partial charge on any atom is 0.257 e. The SMILES string of the molecule is Cc1cc(C(=O)Nc2ccc(Nc3ccccc3)cc2)c(C)n1C. The van der Waals surface area contributed by atoms with Gasteiger partial charge in [0, 0.05) is 35.5 Å². The molecule has 1 aromatic heterocycles. The monoisotopic (exact) mass is 319 g/mol. The van der Waals surface area contributed by atoms with Crippen LogP contribution in [0.3, 0.4) is 0 Å². The van der Waals surface area contributed by atoms with Gasteiger partial charge >= 0.3 is 0 Å². The van der Waals surface area contributed by atoms with Gasteiger partial charge in [-0.15, -0.1) is 0 Å². The van der Waals surface area contributed by atoms with Crippen LogP contribution < -0.4 is 10.6 Å². The topological polar surface area (TPSA) is 46.1 Å². The zero-order valence-corrected chi connectivity index (χ0v) is 14.1. The highest BCUT2D eigenvalue weighted by molar-refractivity contribution is 6.05. The predicted octanol–water partition coefficient (Wildman–Crippen LogP) is 4.64. The van der Waals surface area contributed by atoms with Crippen molar-refractivity contribution in [3.05, 3.63) is 77.6 Å². The summed E-state index contributed by atoms with van der Waals surface area (Å²) in [5.41, 5.74) is 5.53. The Hall–Kier alpha value is -3.01. The summed E-state index contributed by atoms with van der Waals surface area (Å²) in [7, 11) is 1.96. The first-order valence-electron chi connectivity index (χ1n) is 7.91. The van der Waals surface area contributed by atoms with Crippen LogP contribution in [0.1, 0.15) is 21.7 Å². The van der Waals surface area contributed by atoms with Gasteiger partial charge in [0.15, 0.2) is 0 Å². The smallest absolute Gasteiger partial charge is 0.257 e. The number of amides is 1. The predicted molar refractivity (Wildman–Crippen MR) is 99.0 cm³/mol. The van der Waals surface area contributed by atoms with E-state index >= 15 is 0 Å². The lowest BCUT2D eigenvalue weighted by Gasteiger charge is -2.09. The molecule has 0 atom stereocenters. The van der Waals surface area contributed by atoms with Crippen molar-refractivity contribution in [1.29, 1.82) is 0 Å². The van der Waals surface area contributed by atoms with E-state index in [0.29, 0.717) is 5.56 Å². The summed E-state index contributed by atoms with van der Waals surface area (Å²) < 4.78 is 2.02. The highest BCUT2D eigenvalue weighted by Gasteiger charge is 2.13. The number of para-hydroxylation sites is 1. The van der Waals surface area contributed by atoms with E-state index in [2.05, 4.69) is 10.6 Å². The molecule has 4 nitrogen and oxygen atoms in total. The van der Waals surface area contributed by atoms with Gasteiger partial charge in [-0.1, -0.05) is 18.2 Å². The highest BCUT2D eigenvalue weighted by atomic mass is 16.1. The number of hydrogen-bond acceptors (Lipinski definition) is 2. The molecule has 24 heavy (non-hydrogen) atoms. The zero-order valence-electron chi connectivity index (χ0n) is 14.1. The fourth-order valence-electron chi connectivity index (χ4n) is 2.61. The van der Waals surface area contributed by atoms with Crippen LogP contribution in [0.4, 0.5) is 17.1 Å². The second-order valence-electron chi connectivity index (χ2n) is 5.87. The number of carbonyl (C=O) groups excluding carboxylic acids is 1. The van der Waals surface area contributed by atoms with Gasteiger partial charge in [0.2, 0.25) is 0 Å². The maximum absolute atomic E-state index is 12.4. The molecule has 1 heterocycles. The number of nitrogens with zero attached hydrogens (tertiary/aromatic N) is 1. The van der Waals surface area contributed by atoms with Crippen LogP contribution >= 0.6 is 0 Å². The second kappa shape index (κ2) is 6.62. The van der Waals surface area contributed by atoms with E-state index in [4.69, 9.17) is 0 Å². The Morgan fingerprint density at radius 1 is 0.875 bits per heavy atom. The molecule has 0 unspecified atom stereocenters. The van der Waals surface area contributed by atoms with Crippen molar-refractivity contribution in [1.82, 2.24) is 4.57 Å². The third kappa shape index (κ3) is 3.33. The van der Waals surface area contributed by atoms with Crippen LogP contribution in [-0.2, 0) is 7.05 Å². The number of carbonyl (C=O) groups is 1. The van der Waals surface area contributed by atoms with Crippen molar-refractivity contribution in [3.63, 3.8) is 0 Å². The molecule has 122 valence electrons. The number of anilines is 3. The first-order valence-corrected chi connectivity index (χ1v) is 7.91. The lowest BCUT2D eigenvalue weighted by atomic mass is 10.2. The van der Waals surface area contributed by atoms with E-state index in [1.807, 2.05) is 86.1 Å². The van der Waals surface area contributed by atoms with Crippen LogP contribution in [-0.4, -0.2) is 10.5 Å². The van der Waals surface area contributed by atoms with Gasteiger partial charge in [0.05, 0.1) is 5.56 Å². The molecule has 4 heteroatoms. The molecule has 0 saturated heterocycles. The number of nitrogens with one attached hydrogen (secondary N) is 2. The Balaban J connectivity index is 1.70. The molecule has 2 aromatic carbocycles. The van der Waals surface area contributed by atoms with E-state index < -0.39 is 0 Å². The van der Waals surface area contributed by atoms with Gasteiger partial charge in [-0.3, -0.25) is 4.79 Å². The molecule has 1 amide bonds. The van der Waals surface area contributed by atoms with Crippen molar-refractivity contribution < 1.29 is 4.79 Å². The number of aryl methyl sites for hydroxylation is 1. The average Bonchev–Trinajstić information content (AvgIpc) is 2.85. The molecule has 0 bridgehead atoms. The van der Waals surface area contributed by atoms with E-state index in [1.54, 1.807) is 0 Å². The van der Waals surface area contributed by atoms with Crippen LogP contribution in [0.15, 0.2) is 60.7 Å². The van der Waals surface area contributed by atoms with Gasteiger partial charge in [-0.05, 0) is 56.3 Å². The minimum atomic E-state index is -0.0834. The fraction of sp³-hybridized carbons (Fsp3) is 0.150. The normalized spacial score (nSPS) is 10.5. The van der Waals surface area contributed by atoms with E-state index in [-0.39, 0.29) is 5.91 Å². The summed E-state index contributed by atoms with van der Waals surface area (Å²) >= 11 is 0. The Bertz CT molecular complexity index is 849. The van der Waals surface area contributed by atoms with Gasteiger partial charge in [0.25, 0.3) is 5.91 Å². The highest BCUT2D eigenvalue weighted by Crippen LogP contribution is 2.20. The summed E-state index contributed by atoms with van der Waals surface area (Å²) in [6.45, 7) is 3.95. The van der Waals surface area contributed by atoms with Crippen LogP contribution in [0.2, 0.25) is 0 Å². The minimum Gasteiger partial charge on any atom is -0.356 e. The van der Waals surface area contributed by atoms with Crippen LogP contribution in [0, 0.1) is 13.8 Å². The molecule has 0 aliphatic heterocycles. The minimum absolute atomic E-state index is 0.0834. The largest absolute Gasteiger partial charge is 0.356 e.